The Balaban J connectivity index is 1.48. The fourth-order valence-corrected chi connectivity index (χ4v) is 6.34. The van der Waals surface area contributed by atoms with Crippen LogP contribution >= 0.6 is 0 Å². The zero-order valence-electron chi connectivity index (χ0n) is 19.9. The molecule has 0 aromatic carbocycles. The van der Waals surface area contributed by atoms with Crippen molar-refractivity contribution >= 4 is 21.5 Å². The number of aromatic nitrogens is 4. The number of fused-ring (bicyclic) bond motifs is 1. The molecule has 194 valence electrons. The van der Waals surface area contributed by atoms with Gasteiger partial charge in [-0.25, -0.2) is 28.5 Å². The lowest BCUT2D eigenvalue weighted by Gasteiger charge is -2.49. The van der Waals surface area contributed by atoms with Crippen molar-refractivity contribution < 1.29 is 21.6 Å². The van der Waals surface area contributed by atoms with E-state index in [0.717, 1.165) is 31.6 Å². The number of sulfonamides is 1. The third-order valence-corrected chi connectivity index (χ3v) is 8.05. The summed E-state index contributed by atoms with van der Waals surface area (Å²) in [6, 6.07) is 4.40. The summed E-state index contributed by atoms with van der Waals surface area (Å²) in [6.45, 7) is 5.38. The number of alkyl halides is 3. The number of halogens is 3. The number of hydrogen-bond donors (Lipinski definition) is 1. The Hall–Kier alpha value is -2.77. The zero-order chi connectivity index (χ0) is 25.8. The average molecular weight is 524 g/mol. The monoisotopic (exact) mass is 523 g/mol. The van der Waals surface area contributed by atoms with E-state index in [9.17, 15) is 21.6 Å². The average Bonchev–Trinajstić information content (AvgIpc) is 3.55. The summed E-state index contributed by atoms with van der Waals surface area (Å²) in [4.78, 5) is 17.7. The van der Waals surface area contributed by atoms with Crippen molar-refractivity contribution in [1.29, 1.82) is 0 Å². The molecule has 0 spiro atoms. The molecule has 0 bridgehead atoms. The van der Waals surface area contributed by atoms with Crippen molar-refractivity contribution in [2.75, 3.05) is 23.7 Å². The molecule has 1 aliphatic carbocycles. The van der Waals surface area contributed by atoms with Gasteiger partial charge in [-0.2, -0.15) is 13.2 Å². The number of nitrogens with two attached hydrogens (primary N) is 1. The fraction of sp³-hybridized carbons (Fsp3) is 0.522. The van der Waals surface area contributed by atoms with Gasteiger partial charge < -0.3 is 4.90 Å². The first-order chi connectivity index (χ1) is 16.9. The molecule has 0 radical (unpaired) electrons. The third-order valence-electron chi connectivity index (χ3n) is 7.06. The van der Waals surface area contributed by atoms with E-state index in [1.165, 1.54) is 16.7 Å². The number of nitrogens with zero attached hydrogens (tertiary/aromatic N) is 6. The zero-order valence-corrected chi connectivity index (χ0v) is 20.7. The highest BCUT2D eigenvalue weighted by Crippen LogP contribution is 2.37. The largest absolute Gasteiger partial charge is 0.417 e. The second kappa shape index (κ2) is 8.96. The van der Waals surface area contributed by atoms with Crippen LogP contribution in [0.5, 0.6) is 0 Å². The van der Waals surface area contributed by atoms with Crippen molar-refractivity contribution in [3.8, 4) is 11.5 Å². The third kappa shape index (κ3) is 4.91. The highest BCUT2D eigenvalue weighted by atomic mass is 32.2. The van der Waals surface area contributed by atoms with E-state index in [0.29, 0.717) is 29.7 Å². The fourth-order valence-electron chi connectivity index (χ4n) is 5.41. The standard InChI is InChI=1S/C23H28F3N7O2S/c1-14(13-36(27,34)35)21-15(2)31(9-10-32(21)17-4-5-17)20-7-8-28-22(30-20)18-11-29-19-6-3-16(12-33(18)19)23(24,25)26/h3,6-8,11-12,14-15,17,21H,4-5,9-10,13H2,1-2H3,(H2,27,34,35)/t14-,15+,21+/m1/s1. The normalized spacial score (nSPS) is 22.8. The van der Waals surface area contributed by atoms with Crippen LogP contribution in [0.15, 0.2) is 36.8 Å². The van der Waals surface area contributed by atoms with Gasteiger partial charge in [-0.3, -0.25) is 9.30 Å². The molecule has 3 aromatic heterocycles. The van der Waals surface area contributed by atoms with Gasteiger partial charge in [0.25, 0.3) is 0 Å². The Labute approximate surface area is 207 Å². The first kappa shape index (κ1) is 24.9. The van der Waals surface area contributed by atoms with Crippen LogP contribution < -0.4 is 10.0 Å². The molecule has 13 heteroatoms. The first-order valence-electron chi connectivity index (χ1n) is 11.8. The quantitative estimate of drug-likeness (QED) is 0.529. The van der Waals surface area contributed by atoms with Gasteiger partial charge in [-0.15, -0.1) is 0 Å². The van der Waals surface area contributed by atoms with Crippen LogP contribution in [-0.2, 0) is 16.2 Å². The number of pyridine rings is 1. The SMILES string of the molecule is C[C@H](CS(N)(=O)=O)[C@H]1[C@H](C)N(c2ccnc(-c3cnc4ccc(C(F)(F)F)cn34)n2)CCN1C1CC1. The van der Waals surface area contributed by atoms with Crippen LogP contribution in [0, 0.1) is 5.92 Å². The molecule has 9 nitrogen and oxygen atoms in total. The summed E-state index contributed by atoms with van der Waals surface area (Å²) in [5.41, 5.74) is -0.0847. The topological polar surface area (TPSA) is 110 Å². The Bertz CT molecular complexity index is 1370. The van der Waals surface area contributed by atoms with Crippen molar-refractivity contribution in [2.24, 2.45) is 11.1 Å². The summed E-state index contributed by atoms with van der Waals surface area (Å²) in [7, 11) is -3.64. The second-order valence-electron chi connectivity index (χ2n) is 9.73. The van der Waals surface area contributed by atoms with Gasteiger partial charge in [-0.1, -0.05) is 6.92 Å². The number of rotatable bonds is 6. The number of anilines is 1. The van der Waals surface area contributed by atoms with Gasteiger partial charge in [0.05, 0.1) is 17.5 Å². The van der Waals surface area contributed by atoms with E-state index >= 15 is 0 Å². The van der Waals surface area contributed by atoms with E-state index in [-0.39, 0.29) is 29.6 Å². The van der Waals surface area contributed by atoms with Crippen molar-refractivity contribution in [3.63, 3.8) is 0 Å². The van der Waals surface area contributed by atoms with Crippen molar-refractivity contribution in [1.82, 2.24) is 24.3 Å². The first-order valence-corrected chi connectivity index (χ1v) is 13.5. The number of piperazine rings is 1. The highest BCUT2D eigenvalue weighted by Gasteiger charge is 2.44. The van der Waals surface area contributed by atoms with Crippen LogP contribution in [0.3, 0.4) is 0 Å². The van der Waals surface area contributed by atoms with Crippen molar-refractivity contribution in [2.45, 2.75) is 51.0 Å². The minimum atomic E-state index is -4.49. The maximum atomic E-state index is 13.3. The predicted octanol–water partition coefficient (Wildman–Crippen LogP) is 2.78. The van der Waals surface area contributed by atoms with Gasteiger partial charge in [0.15, 0.2) is 5.82 Å². The molecule has 2 fully saturated rings. The van der Waals surface area contributed by atoms with E-state index < -0.39 is 21.8 Å². The van der Waals surface area contributed by atoms with Crippen LogP contribution in [0.25, 0.3) is 17.2 Å². The van der Waals surface area contributed by atoms with Gasteiger partial charge in [0, 0.05) is 43.6 Å². The molecule has 2 aliphatic rings. The maximum Gasteiger partial charge on any atom is 0.417 e. The summed E-state index contributed by atoms with van der Waals surface area (Å²) < 4.78 is 64.9. The summed E-state index contributed by atoms with van der Waals surface area (Å²) in [5.74, 6) is 0.569. The molecular formula is C23H28F3N7O2S. The minimum Gasteiger partial charge on any atom is -0.351 e. The Morgan fingerprint density at radius 1 is 1.17 bits per heavy atom. The second-order valence-corrected chi connectivity index (χ2v) is 11.4. The van der Waals surface area contributed by atoms with E-state index in [1.807, 2.05) is 13.8 Å². The minimum absolute atomic E-state index is 0.0480. The number of imidazole rings is 1. The van der Waals surface area contributed by atoms with Gasteiger partial charge >= 0.3 is 6.18 Å². The van der Waals surface area contributed by atoms with Crippen LogP contribution in [0.1, 0.15) is 32.3 Å². The highest BCUT2D eigenvalue weighted by molar-refractivity contribution is 7.89. The van der Waals surface area contributed by atoms with E-state index in [2.05, 4.69) is 19.8 Å². The van der Waals surface area contributed by atoms with Gasteiger partial charge in [-0.05, 0) is 43.9 Å². The summed E-state index contributed by atoms with van der Waals surface area (Å²) >= 11 is 0. The Morgan fingerprint density at radius 2 is 1.92 bits per heavy atom. The molecule has 5 rings (SSSR count). The summed E-state index contributed by atoms with van der Waals surface area (Å²) in [6.07, 6.45) is 1.73. The summed E-state index contributed by atoms with van der Waals surface area (Å²) in [5, 5.41) is 5.37. The molecule has 3 aromatic rings. The molecule has 36 heavy (non-hydrogen) atoms. The Kier molecular flexibility index (Phi) is 6.20. The molecule has 1 saturated heterocycles. The maximum absolute atomic E-state index is 13.3. The van der Waals surface area contributed by atoms with Crippen LogP contribution in [-0.4, -0.2) is 69.6 Å². The van der Waals surface area contributed by atoms with Crippen molar-refractivity contribution in [3.05, 3.63) is 42.4 Å². The van der Waals surface area contributed by atoms with Crippen LogP contribution in [0.2, 0.25) is 0 Å². The molecule has 3 atom stereocenters. The molecule has 4 heterocycles. The molecule has 0 unspecified atom stereocenters. The van der Waals surface area contributed by atoms with Gasteiger partial charge in [0.2, 0.25) is 10.0 Å². The molecule has 0 amide bonds. The Morgan fingerprint density at radius 3 is 2.58 bits per heavy atom. The molecular weight excluding hydrogens is 495 g/mol. The lowest BCUT2D eigenvalue weighted by molar-refractivity contribution is -0.137. The molecule has 1 saturated carbocycles. The number of primary sulfonamides is 1. The van der Waals surface area contributed by atoms with Gasteiger partial charge in [0.1, 0.15) is 17.2 Å². The lowest BCUT2D eigenvalue weighted by Crippen LogP contribution is -2.62. The van der Waals surface area contributed by atoms with E-state index in [1.54, 1.807) is 12.3 Å². The molecule has 1 aliphatic heterocycles. The van der Waals surface area contributed by atoms with Crippen LogP contribution in [0.4, 0.5) is 19.0 Å². The predicted molar refractivity (Wildman–Crippen MR) is 129 cm³/mol. The molecule has 2 N–H and O–H groups in total. The lowest BCUT2D eigenvalue weighted by atomic mass is 9.91. The van der Waals surface area contributed by atoms with E-state index in [4.69, 9.17) is 10.1 Å². The smallest absolute Gasteiger partial charge is 0.351 e. The number of hydrogen-bond acceptors (Lipinski definition) is 7.